The van der Waals surface area contributed by atoms with Crippen LogP contribution >= 0.6 is 0 Å². The van der Waals surface area contributed by atoms with Gasteiger partial charge in [-0.2, -0.15) is 5.53 Å². The molecule has 13 heavy (non-hydrogen) atoms. The fourth-order valence-electron chi connectivity index (χ4n) is 1.03. The van der Waals surface area contributed by atoms with Crippen molar-refractivity contribution in [2.45, 2.75) is 13.3 Å². The van der Waals surface area contributed by atoms with E-state index in [1.165, 1.54) is 5.56 Å². The lowest BCUT2D eigenvalue weighted by Crippen LogP contribution is -2.16. The number of hydrogen-bond acceptors (Lipinski definition) is 3. The van der Waals surface area contributed by atoms with E-state index in [0.717, 1.165) is 12.0 Å². The van der Waals surface area contributed by atoms with Crippen molar-refractivity contribution in [3.05, 3.63) is 35.4 Å². The van der Waals surface area contributed by atoms with E-state index in [-0.39, 0.29) is 5.84 Å². The van der Waals surface area contributed by atoms with E-state index in [1.807, 2.05) is 24.3 Å². The maximum absolute atomic E-state index is 7.43. The second-order valence-electron chi connectivity index (χ2n) is 2.65. The number of aryl methyl sites for hydroxylation is 1. The van der Waals surface area contributed by atoms with Crippen LogP contribution in [0.15, 0.2) is 29.5 Å². The molecule has 0 aliphatic rings. The smallest absolute Gasteiger partial charge is 0.147 e. The van der Waals surface area contributed by atoms with E-state index in [0.29, 0.717) is 0 Å². The summed E-state index contributed by atoms with van der Waals surface area (Å²) in [5, 5.41) is 10.4. The Kier molecular flexibility index (Phi) is 3.14. The lowest BCUT2D eigenvalue weighted by atomic mass is 10.1. The first-order chi connectivity index (χ1) is 6.27. The Balaban J connectivity index is 2.79. The van der Waals surface area contributed by atoms with Gasteiger partial charge in [-0.05, 0) is 12.0 Å². The number of nitrogens with zero attached hydrogens (tertiary/aromatic N) is 1. The molecule has 68 valence electrons. The topological polar surface area (TPSA) is 72.1 Å². The Labute approximate surface area is 77.0 Å². The molecule has 0 amide bonds. The van der Waals surface area contributed by atoms with Crippen LogP contribution in [0.2, 0.25) is 0 Å². The van der Waals surface area contributed by atoms with Crippen molar-refractivity contribution in [1.29, 1.82) is 10.9 Å². The highest BCUT2D eigenvalue weighted by Gasteiger charge is 1.98. The van der Waals surface area contributed by atoms with Crippen LogP contribution in [0.4, 0.5) is 0 Å². The van der Waals surface area contributed by atoms with Gasteiger partial charge < -0.3 is 0 Å². The van der Waals surface area contributed by atoms with Crippen LogP contribution in [0.25, 0.3) is 0 Å². The first-order valence-electron chi connectivity index (χ1n) is 4.08. The van der Waals surface area contributed by atoms with Gasteiger partial charge in [-0.3, -0.25) is 5.41 Å². The fourth-order valence-corrected chi connectivity index (χ4v) is 1.03. The number of benzene rings is 1. The SMILES string of the molecule is CCc1ccc(C(=N)NN=N)cc1. The molecule has 1 aromatic carbocycles. The van der Waals surface area contributed by atoms with Gasteiger partial charge in [0.05, 0.1) is 0 Å². The predicted octanol–water partition coefficient (Wildman–Crippen LogP) is 2.11. The van der Waals surface area contributed by atoms with Crippen LogP contribution in [0.5, 0.6) is 0 Å². The zero-order chi connectivity index (χ0) is 9.68. The van der Waals surface area contributed by atoms with Crippen LogP contribution < -0.4 is 5.43 Å². The molecule has 0 aliphatic carbocycles. The van der Waals surface area contributed by atoms with Crippen molar-refractivity contribution >= 4 is 5.84 Å². The fraction of sp³-hybridized carbons (Fsp3) is 0.222. The molecule has 4 heteroatoms. The Hall–Kier alpha value is -1.71. The Bertz CT molecular complexity index is 302. The molecule has 0 bridgehead atoms. The molecule has 0 atom stereocenters. The zero-order valence-electron chi connectivity index (χ0n) is 7.46. The van der Waals surface area contributed by atoms with Crippen molar-refractivity contribution in [1.82, 2.24) is 5.43 Å². The van der Waals surface area contributed by atoms with Gasteiger partial charge >= 0.3 is 0 Å². The van der Waals surface area contributed by atoms with Gasteiger partial charge in [-0.15, -0.1) is 0 Å². The van der Waals surface area contributed by atoms with Crippen LogP contribution in [0.3, 0.4) is 0 Å². The summed E-state index contributed by atoms with van der Waals surface area (Å²) in [6.07, 6.45) is 0.990. The summed E-state index contributed by atoms with van der Waals surface area (Å²) >= 11 is 0. The average Bonchev–Trinajstić information content (AvgIpc) is 2.18. The van der Waals surface area contributed by atoms with Crippen LogP contribution in [0.1, 0.15) is 18.1 Å². The summed E-state index contributed by atoms with van der Waals surface area (Å²) in [6.45, 7) is 2.08. The van der Waals surface area contributed by atoms with E-state index < -0.39 is 0 Å². The number of nitrogens with one attached hydrogen (secondary N) is 3. The van der Waals surface area contributed by atoms with Gasteiger partial charge in [0.15, 0.2) is 0 Å². The maximum atomic E-state index is 7.43. The summed E-state index contributed by atoms with van der Waals surface area (Å²) in [7, 11) is 0. The normalized spacial score (nSPS) is 9.31. The summed E-state index contributed by atoms with van der Waals surface area (Å²) in [4.78, 5) is 0. The van der Waals surface area contributed by atoms with Gasteiger partial charge in [-0.1, -0.05) is 36.4 Å². The number of rotatable bonds is 3. The minimum absolute atomic E-state index is 0.151. The monoisotopic (exact) mass is 176 g/mol. The quantitative estimate of drug-likeness (QED) is 0.280. The molecule has 0 fully saturated rings. The van der Waals surface area contributed by atoms with Crippen molar-refractivity contribution < 1.29 is 0 Å². The highest BCUT2D eigenvalue weighted by molar-refractivity contribution is 5.95. The van der Waals surface area contributed by atoms with E-state index >= 15 is 0 Å². The van der Waals surface area contributed by atoms with Crippen LogP contribution in [0, 0.1) is 10.9 Å². The van der Waals surface area contributed by atoms with E-state index in [4.69, 9.17) is 10.9 Å². The minimum atomic E-state index is 0.151. The van der Waals surface area contributed by atoms with Gasteiger partial charge in [0.25, 0.3) is 0 Å². The lowest BCUT2D eigenvalue weighted by Gasteiger charge is -2.02. The molecule has 0 unspecified atom stereocenters. The standard InChI is InChI=1S/C9H12N4/c1-2-7-3-5-8(6-4-7)9(10)12-13-11/h3-6H,2H2,1H3,(H3,10,11,12). The molecule has 3 N–H and O–H groups in total. The molecule has 0 saturated carbocycles. The number of amidine groups is 1. The van der Waals surface area contributed by atoms with Crippen molar-refractivity contribution in [3.8, 4) is 0 Å². The van der Waals surface area contributed by atoms with E-state index in [9.17, 15) is 0 Å². The molecule has 0 radical (unpaired) electrons. The van der Waals surface area contributed by atoms with Crippen molar-refractivity contribution in [2.75, 3.05) is 0 Å². The third-order valence-corrected chi connectivity index (χ3v) is 1.82. The highest BCUT2D eigenvalue weighted by atomic mass is 15.4. The van der Waals surface area contributed by atoms with E-state index in [2.05, 4.69) is 17.6 Å². The molecule has 0 saturated heterocycles. The molecule has 1 aromatic rings. The van der Waals surface area contributed by atoms with Gasteiger partial charge in [0.1, 0.15) is 5.84 Å². The largest absolute Gasteiger partial charge is 0.283 e. The summed E-state index contributed by atoms with van der Waals surface area (Å²) in [6, 6.07) is 7.63. The zero-order valence-corrected chi connectivity index (χ0v) is 7.46. The highest BCUT2D eigenvalue weighted by Crippen LogP contribution is 2.04. The summed E-state index contributed by atoms with van der Waals surface area (Å²) in [5.41, 5.74) is 10.8. The third-order valence-electron chi connectivity index (χ3n) is 1.82. The Morgan fingerprint density at radius 2 is 2.00 bits per heavy atom. The molecule has 4 nitrogen and oxygen atoms in total. The molecule has 0 aliphatic heterocycles. The van der Waals surface area contributed by atoms with Gasteiger partial charge in [0, 0.05) is 5.56 Å². The molecule has 0 aromatic heterocycles. The van der Waals surface area contributed by atoms with Gasteiger partial charge in [0.2, 0.25) is 0 Å². The molecular weight excluding hydrogens is 164 g/mol. The summed E-state index contributed by atoms with van der Waals surface area (Å²) < 4.78 is 0. The first kappa shape index (κ1) is 9.38. The minimum Gasteiger partial charge on any atom is -0.283 e. The first-order valence-corrected chi connectivity index (χ1v) is 4.08. The van der Waals surface area contributed by atoms with Crippen molar-refractivity contribution in [2.24, 2.45) is 5.22 Å². The summed E-state index contributed by atoms with van der Waals surface area (Å²) in [5.74, 6) is 0.151. The van der Waals surface area contributed by atoms with E-state index in [1.54, 1.807) is 0 Å². The lowest BCUT2D eigenvalue weighted by molar-refractivity contribution is 0.861. The second-order valence-corrected chi connectivity index (χ2v) is 2.65. The predicted molar refractivity (Wildman–Crippen MR) is 50.9 cm³/mol. The molecule has 0 spiro atoms. The van der Waals surface area contributed by atoms with Crippen LogP contribution in [-0.2, 0) is 6.42 Å². The Morgan fingerprint density at radius 3 is 2.46 bits per heavy atom. The number of hydrogen-bond donors (Lipinski definition) is 3. The molecule has 0 heterocycles. The molecule has 1 rings (SSSR count). The average molecular weight is 176 g/mol. The molecular formula is C9H12N4. The van der Waals surface area contributed by atoms with Gasteiger partial charge in [-0.25, -0.2) is 5.43 Å². The van der Waals surface area contributed by atoms with Crippen LogP contribution in [-0.4, -0.2) is 5.84 Å². The Morgan fingerprint density at radius 1 is 1.38 bits per heavy atom. The second kappa shape index (κ2) is 4.35. The maximum Gasteiger partial charge on any atom is 0.147 e. The third kappa shape index (κ3) is 2.37. The van der Waals surface area contributed by atoms with Crippen molar-refractivity contribution in [3.63, 3.8) is 0 Å².